The van der Waals surface area contributed by atoms with Crippen LogP contribution in [0.25, 0.3) is 0 Å². The highest BCUT2D eigenvalue weighted by Crippen LogP contribution is 2.09. The van der Waals surface area contributed by atoms with Crippen LogP contribution in [0, 0.1) is 6.92 Å². The predicted molar refractivity (Wildman–Crippen MR) is 73.4 cm³/mol. The average Bonchev–Trinajstić information content (AvgIpc) is 2.72. The van der Waals surface area contributed by atoms with Gasteiger partial charge < -0.3 is 9.67 Å². The summed E-state index contributed by atoms with van der Waals surface area (Å²) in [6.07, 6.45) is 4.74. The molecule has 0 aliphatic rings. The minimum absolute atomic E-state index is 0.0839. The molecule has 7 heteroatoms. The van der Waals surface area contributed by atoms with Gasteiger partial charge in [0.15, 0.2) is 5.03 Å². The summed E-state index contributed by atoms with van der Waals surface area (Å²) in [6, 6.07) is 0. The molecule has 1 heterocycles. The summed E-state index contributed by atoms with van der Waals surface area (Å²) < 4.78 is 28.4. The van der Waals surface area contributed by atoms with Crippen molar-refractivity contribution in [1.29, 1.82) is 0 Å². The summed E-state index contributed by atoms with van der Waals surface area (Å²) in [7, 11) is -3.51. The van der Waals surface area contributed by atoms with Gasteiger partial charge in [0, 0.05) is 25.9 Å². The first-order valence-electron chi connectivity index (χ1n) is 6.65. The summed E-state index contributed by atoms with van der Waals surface area (Å²) in [5, 5.41) is 8.72. The van der Waals surface area contributed by atoms with Crippen molar-refractivity contribution in [3.63, 3.8) is 0 Å². The second-order valence-electron chi connectivity index (χ2n) is 4.50. The maximum Gasteiger partial charge on any atom is 0.259 e. The number of aliphatic hydroxyl groups excluding tert-OH is 1. The standard InChI is InChI=1S/C12H23N3O3S/c1-3-8-15-10-12(14-11(15)2)19(17,18)13-7-5-4-6-9-16/h10,13,16H,3-9H2,1-2H3. The molecule has 0 unspecified atom stereocenters. The molecule has 0 aliphatic heterocycles. The second kappa shape index (κ2) is 7.62. The number of unbranched alkanes of at least 4 members (excludes halogenated alkanes) is 2. The Labute approximate surface area is 114 Å². The molecule has 0 saturated carbocycles. The third kappa shape index (κ3) is 4.93. The zero-order chi connectivity index (χ0) is 14.3. The molecule has 19 heavy (non-hydrogen) atoms. The zero-order valence-electron chi connectivity index (χ0n) is 11.6. The van der Waals surface area contributed by atoms with E-state index in [1.54, 1.807) is 13.1 Å². The van der Waals surface area contributed by atoms with Crippen molar-refractivity contribution in [2.45, 2.75) is 51.1 Å². The van der Waals surface area contributed by atoms with E-state index >= 15 is 0 Å². The largest absolute Gasteiger partial charge is 0.396 e. The van der Waals surface area contributed by atoms with E-state index in [4.69, 9.17) is 5.11 Å². The van der Waals surface area contributed by atoms with Crippen LogP contribution in [0.2, 0.25) is 0 Å². The van der Waals surface area contributed by atoms with Crippen LogP contribution in [0.1, 0.15) is 38.4 Å². The number of imidazole rings is 1. The van der Waals surface area contributed by atoms with E-state index in [1.807, 2.05) is 11.5 Å². The molecule has 0 aromatic carbocycles. The van der Waals surface area contributed by atoms with Gasteiger partial charge in [0.05, 0.1) is 0 Å². The summed E-state index contributed by atoms with van der Waals surface area (Å²) in [5.41, 5.74) is 0. The fraction of sp³-hybridized carbons (Fsp3) is 0.750. The zero-order valence-corrected chi connectivity index (χ0v) is 12.4. The molecule has 0 bridgehead atoms. The van der Waals surface area contributed by atoms with Crippen molar-refractivity contribution in [2.75, 3.05) is 13.2 Å². The average molecular weight is 289 g/mol. The molecule has 0 fully saturated rings. The summed E-state index contributed by atoms with van der Waals surface area (Å²) in [5.74, 6) is 0.711. The Bertz CT molecular complexity index is 482. The molecule has 0 amide bonds. The predicted octanol–water partition coefficient (Wildman–Crippen LogP) is 1.04. The fourth-order valence-corrected chi connectivity index (χ4v) is 2.85. The fourth-order valence-electron chi connectivity index (χ4n) is 1.77. The van der Waals surface area contributed by atoms with Gasteiger partial charge in [0.1, 0.15) is 5.82 Å². The molecule has 1 aromatic rings. The number of hydrogen-bond acceptors (Lipinski definition) is 4. The molecule has 1 aromatic heterocycles. The number of aliphatic hydroxyl groups is 1. The lowest BCUT2D eigenvalue weighted by atomic mass is 10.2. The summed E-state index contributed by atoms with van der Waals surface area (Å²) in [4.78, 5) is 4.09. The van der Waals surface area contributed by atoms with Crippen LogP contribution < -0.4 is 4.72 Å². The van der Waals surface area contributed by atoms with E-state index in [0.717, 1.165) is 19.4 Å². The van der Waals surface area contributed by atoms with Gasteiger partial charge in [-0.3, -0.25) is 0 Å². The number of nitrogens with zero attached hydrogens (tertiary/aromatic N) is 2. The lowest BCUT2D eigenvalue weighted by Crippen LogP contribution is -2.25. The third-order valence-electron chi connectivity index (χ3n) is 2.82. The van der Waals surface area contributed by atoms with Gasteiger partial charge in [-0.05, 0) is 32.6 Å². The second-order valence-corrected chi connectivity index (χ2v) is 6.22. The number of sulfonamides is 1. The van der Waals surface area contributed by atoms with Gasteiger partial charge in [-0.25, -0.2) is 18.1 Å². The van der Waals surface area contributed by atoms with Gasteiger partial charge in [0.25, 0.3) is 10.0 Å². The number of nitrogens with one attached hydrogen (secondary N) is 1. The number of aryl methyl sites for hydroxylation is 2. The van der Waals surface area contributed by atoms with Gasteiger partial charge in [0.2, 0.25) is 0 Å². The Morgan fingerprint density at radius 2 is 2.11 bits per heavy atom. The SMILES string of the molecule is CCCn1cc(S(=O)(=O)NCCCCCO)nc1C. The first kappa shape index (κ1) is 16.1. The first-order chi connectivity index (χ1) is 9.01. The van der Waals surface area contributed by atoms with Crippen molar-refractivity contribution in [3.8, 4) is 0 Å². The van der Waals surface area contributed by atoms with E-state index < -0.39 is 10.0 Å². The molecule has 6 nitrogen and oxygen atoms in total. The maximum atomic E-state index is 12.0. The van der Waals surface area contributed by atoms with Gasteiger partial charge in [-0.1, -0.05) is 6.92 Å². The van der Waals surface area contributed by atoms with E-state index in [-0.39, 0.29) is 11.6 Å². The summed E-state index contributed by atoms with van der Waals surface area (Å²) in [6.45, 7) is 5.13. The van der Waals surface area contributed by atoms with Crippen LogP contribution in [0.4, 0.5) is 0 Å². The van der Waals surface area contributed by atoms with Crippen molar-refractivity contribution in [3.05, 3.63) is 12.0 Å². The Kier molecular flexibility index (Phi) is 6.47. The quantitative estimate of drug-likeness (QED) is 0.665. The highest BCUT2D eigenvalue weighted by molar-refractivity contribution is 7.89. The van der Waals surface area contributed by atoms with Gasteiger partial charge in [-0.15, -0.1) is 0 Å². The molecule has 0 atom stereocenters. The topological polar surface area (TPSA) is 84.2 Å². The van der Waals surface area contributed by atoms with E-state index in [9.17, 15) is 8.42 Å². The van der Waals surface area contributed by atoms with Crippen molar-refractivity contribution in [1.82, 2.24) is 14.3 Å². The number of hydrogen-bond donors (Lipinski definition) is 2. The lowest BCUT2D eigenvalue weighted by molar-refractivity contribution is 0.283. The van der Waals surface area contributed by atoms with Crippen LogP contribution in [0.3, 0.4) is 0 Å². The van der Waals surface area contributed by atoms with Crippen LogP contribution in [-0.4, -0.2) is 36.2 Å². The van der Waals surface area contributed by atoms with Crippen LogP contribution >= 0.6 is 0 Å². The number of rotatable bonds is 9. The summed E-state index contributed by atoms with van der Waals surface area (Å²) >= 11 is 0. The maximum absolute atomic E-state index is 12.0. The monoisotopic (exact) mass is 289 g/mol. The van der Waals surface area contributed by atoms with Gasteiger partial charge >= 0.3 is 0 Å². The molecular formula is C12H23N3O3S. The minimum Gasteiger partial charge on any atom is -0.396 e. The minimum atomic E-state index is -3.51. The first-order valence-corrected chi connectivity index (χ1v) is 8.14. The third-order valence-corrected chi connectivity index (χ3v) is 4.15. The van der Waals surface area contributed by atoms with E-state index in [0.29, 0.717) is 25.2 Å². The highest BCUT2D eigenvalue weighted by atomic mass is 32.2. The molecule has 1 rings (SSSR count). The lowest BCUT2D eigenvalue weighted by Gasteiger charge is -2.03. The number of aromatic nitrogens is 2. The van der Waals surface area contributed by atoms with E-state index in [1.165, 1.54) is 0 Å². The van der Waals surface area contributed by atoms with Crippen molar-refractivity contribution >= 4 is 10.0 Å². The molecule has 0 spiro atoms. The Morgan fingerprint density at radius 3 is 2.74 bits per heavy atom. The van der Waals surface area contributed by atoms with Crippen LogP contribution in [-0.2, 0) is 16.6 Å². The normalized spacial score (nSPS) is 11.9. The van der Waals surface area contributed by atoms with Crippen molar-refractivity contribution in [2.24, 2.45) is 0 Å². The van der Waals surface area contributed by atoms with Crippen LogP contribution in [0.5, 0.6) is 0 Å². The van der Waals surface area contributed by atoms with Crippen LogP contribution in [0.15, 0.2) is 11.2 Å². The molecule has 110 valence electrons. The molecule has 2 N–H and O–H groups in total. The van der Waals surface area contributed by atoms with Gasteiger partial charge in [-0.2, -0.15) is 0 Å². The Hall–Kier alpha value is -0.920. The molecule has 0 radical (unpaired) electrons. The smallest absolute Gasteiger partial charge is 0.259 e. The van der Waals surface area contributed by atoms with Crippen molar-refractivity contribution < 1.29 is 13.5 Å². The molecular weight excluding hydrogens is 266 g/mol. The molecule has 0 saturated heterocycles. The molecule has 0 aliphatic carbocycles. The van der Waals surface area contributed by atoms with E-state index in [2.05, 4.69) is 9.71 Å². The Morgan fingerprint density at radius 1 is 1.37 bits per heavy atom. The highest BCUT2D eigenvalue weighted by Gasteiger charge is 2.18. The Balaban J connectivity index is 2.59.